The van der Waals surface area contributed by atoms with Crippen molar-refractivity contribution in [3.63, 3.8) is 0 Å². The molecule has 0 aliphatic carbocycles. The minimum atomic E-state index is -0.439. The zero-order valence-electron chi connectivity index (χ0n) is 14.5. The lowest BCUT2D eigenvalue weighted by molar-refractivity contribution is -0.146. The molecule has 1 aliphatic heterocycles. The summed E-state index contributed by atoms with van der Waals surface area (Å²) in [6, 6.07) is 9.55. The molecule has 6 heteroatoms. The lowest BCUT2D eigenvalue weighted by Gasteiger charge is -2.30. The van der Waals surface area contributed by atoms with Crippen molar-refractivity contribution in [1.82, 2.24) is 10.6 Å². The zero-order valence-corrected chi connectivity index (χ0v) is 15.3. The van der Waals surface area contributed by atoms with E-state index >= 15 is 0 Å². The van der Waals surface area contributed by atoms with Gasteiger partial charge in [-0.05, 0) is 38.8 Å². The molecule has 2 unspecified atom stereocenters. The van der Waals surface area contributed by atoms with Crippen LogP contribution in [0.25, 0.3) is 0 Å². The lowest BCUT2D eigenvalue weighted by atomic mass is 9.90. The first-order chi connectivity index (χ1) is 11.0. The fraction of sp³-hybridized carbons (Fsp3) is 0.556. The van der Waals surface area contributed by atoms with Crippen molar-refractivity contribution < 1.29 is 14.3 Å². The van der Waals surface area contributed by atoms with Gasteiger partial charge in [0.05, 0.1) is 19.1 Å². The average Bonchev–Trinajstić information content (AvgIpc) is 2.58. The summed E-state index contributed by atoms with van der Waals surface area (Å²) in [6.45, 7) is 4.72. The van der Waals surface area contributed by atoms with E-state index in [1.54, 1.807) is 6.92 Å². The molecule has 1 aliphatic rings. The Morgan fingerprint density at radius 2 is 1.96 bits per heavy atom. The van der Waals surface area contributed by atoms with Gasteiger partial charge >= 0.3 is 5.97 Å². The Morgan fingerprint density at radius 3 is 2.54 bits per heavy atom. The van der Waals surface area contributed by atoms with Crippen LogP contribution in [0.1, 0.15) is 38.3 Å². The van der Waals surface area contributed by atoms with Crippen LogP contribution in [0.5, 0.6) is 0 Å². The van der Waals surface area contributed by atoms with Crippen molar-refractivity contribution in [3.05, 3.63) is 35.9 Å². The number of ether oxygens (including phenoxy) is 1. The minimum Gasteiger partial charge on any atom is -0.469 e. The minimum absolute atomic E-state index is 0. The Morgan fingerprint density at radius 1 is 1.29 bits per heavy atom. The number of carbonyl (C=O) groups excluding carboxylic acids is 2. The molecule has 2 N–H and O–H groups in total. The number of hydrogen-bond donors (Lipinski definition) is 2. The van der Waals surface area contributed by atoms with Gasteiger partial charge in [0.2, 0.25) is 5.91 Å². The molecule has 0 aromatic heterocycles. The summed E-state index contributed by atoms with van der Waals surface area (Å²) in [6.07, 6.45) is 1.64. The highest BCUT2D eigenvalue weighted by atomic mass is 35.5. The largest absolute Gasteiger partial charge is 0.469 e. The second kappa shape index (κ2) is 9.64. The number of rotatable bonds is 5. The third-order valence-electron chi connectivity index (χ3n) is 4.52. The Bertz CT molecular complexity index is 538. The molecule has 1 aromatic rings. The number of amides is 1. The molecule has 0 saturated carbocycles. The van der Waals surface area contributed by atoms with Gasteiger partial charge in [0, 0.05) is 12.0 Å². The molecule has 1 fully saturated rings. The molecule has 1 aromatic carbocycles. The fourth-order valence-corrected chi connectivity index (χ4v) is 3.12. The number of benzene rings is 1. The maximum atomic E-state index is 12.7. The SMILES string of the molecule is COC(=O)C(C)C(NC(=O)[C@H]1CCN[C@@H](C)C1)c1ccccc1.Cl. The number of nitrogens with one attached hydrogen (secondary N) is 2. The second-order valence-electron chi connectivity index (χ2n) is 6.29. The van der Waals surface area contributed by atoms with Crippen LogP contribution in [0, 0.1) is 11.8 Å². The van der Waals surface area contributed by atoms with Crippen LogP contribution in [-0.2, 0) is 14.3 Å². The normalized spacial score (nSPS) is 22.6. The first-order valence-electron chi connectivity index (χ1n) is 8.19. The van der Waals surface area contributed by atoms with Crippen LogP contribution in [0.3, 0.4) is 0 Å². The van der Waals surface area contributed by atoms with E-state index in [4.69, 9.17) is 4.74 Å². The predicted octanol–water partition coefficient (Wildman–Crippen LogP) is 2.46. The van der Waals surface area contributed by atoms with E-state index in [0.717, 1.165) is 24.9 Å². The third-order valence-corrected chi connectivity index (χ3v) is 4.52. The van der Waals surface area contributed by atoms with Gasteiger partial charge in [0.1, 0.15) is 0 Å². The Hall–Kier alpha value is -1.59. The Balaban J connectivity index is 0.00000288. The highest BCUT2D eigenvalue weighted by Crippen LogP contribution is 2.25. The maximum Gasteiger partial charge on any atom is 0.310 e. The Kier molecular flexibility index (Phi) is 8.22. The van der Waals surface area contributed by atoms with Gasteiger partial charge in [-0.3, -0.25) is 9.59 Å². The molecular formula is C18H27ClN2O3. The van der Waals surface area contributed by atoms with E-state index in [-0.39, 0.29) is 36.2 Å². The highest BCUT2D eigenvalue weighted by Gasteiger charge is 2.31. The van der Waals surface area contributed by atoms with Crippen LogP contribution in [-0.4, -0.2) is 31.6 Å². The smallest absolute Gasteiger partial charge is 0.310 e. The van der Waals surface area contributed by atoms with Crippen LogP contribution in [0.15, 0.2) is 30.3 Å². The summed E-state index contributed by atoms with van der Waals surface area (Å²) in [5.74, 6) is -0.756. The number of hydrogen-bond acceptors (Lipinski definition) is 4. The first-order valence-corrected chi connectivity index (χ1v) is 8.19. The molecule has 1 saturated heterocycles. The van der Waals surface area contributed by atoms with Crippen molar-refractivity contribution in [2.45, 2.75) is 38.8 Å². The van der Waals surface area contributed by atoms with E-state index in [1.807, 2.05) is 30.3 Å². The summed E-state index contributed by atoms with van der Waals surface area (Å²) >= 11 is 0. The predicted molar refractivity (Wildman–Crippen MR) is 95.9 cm³/mol. The molecule has 1 heterocycles. The molecule has 0 spiro atoms. The maximum absolute atomic E-state index is 12.7. The monoisotopic (exact) mass is 354 g/mol. The van der Waals surface area contributed by atoms with Gasteiger partial charge in [0.25, 0.3) is 0 Å². The standard InChI is InChI=1S/C18H26N2O3.ClH/c1-12-11-15(9-10-19-12)17(21)20-16(13(2)18(22)23-3)14-7-5-4-6-8-14;/h4-8,12-13,15-16,19H,9-11H2,1-3H3,(H,20,21);1H/t12-,13?,15-,16?;/m0./s1. The van der Waals surface area contributed by atoms with Crippen molar-refractivity contribution in [2.24, 2.45) is 11.8 Å². The highest BCUT2D eigenvalue weighted by molar-refractivity contribution is 5.85. The summed E-state index contributed by atoms with van der Waals surface area (Å²) in [5, 5.41) is 6.42. The molecular weight excluding hydrogens is 328 g/mol. The molecule has 2 rings (SSSR count). The number of carbonyl (C=O) groups is 2. The Labute approximate surface area is 149 Å². The third kappa shape index (κ3) is 5.21. The van der Waals surface area contributed by atoms with Crippen molar-refractivity contribution >= 4 is 24.3 Å². The van der Waals surface area contributed by atoms with Gasteiger partial charge < -0.3 is 15.4 Å². The van der Waals surface area contributed by atoms with E-state index in [1.165, 1.54) is 7.11 Å². The second-order valence-corrected chi connectivity index (χ2v) is 6.29. The van der Waals surface area contributed by atoms with Gasteiger partial charge in [-0.2, -0.15) is 0 Å². The van der Waals surface area contributed by atoms with Crippen molar-refractivity contribution in [3.8, 4) is 0 Å². The fourth-order valence-electron chi connectivity index (χ4n) is 3.12. The van der Waals surface area contributed by atoms with Crippen LogP contribution in [0.4, 0.5) is 0 Å². The number of esters is 1. The van der Waals surface area contributed by atoms with E-state index in [2.05, 4.69) is 17.6 Å². The van der Waals surface area contributed by atoms with E-state index in [0.29, 0.717) is 6.04 Å². The number of halogens is 1. The summed E-state index contributed by atoms with van der Waals surface area (Å²) in [7, 11) is 1.37. The summed E-state index contributed by atoms with van der Waals surface area (Å²) in [5.41, 5.74) is 0.917. The van der Waals surface area contributed by atoms with Gasteiger partial charge in [-0.15, -0.1) is 12.4 Å². The average molecular weight is 355 g/mol. The zero-order chi connectivity index (χ0) is 16.8. The number of methoxy groups -OCH3 is 1. The lowest BCUT2D eigenvalue weighted by Crippen LogP contribution is -2.45. The molecule has 1 amide bonds. The van der Waals surface area contributed by atoms with Gasteiger partial charge in [-0.1, -0.05) is 30.3 Å². The van der Waals surface area contributed by atoms with E-state index in [9.17, 15) is 9.59 Å². The van der Waals surface area contributed by atoms with Crippen LogP contribution in [0.2, 0.25) is 0 Å². The van der Waals surface area contributed by atoms with Crippen molar-refractivity contribution in [2.75, 3.05) is 13.7 Å². The quantitative estimate of drug-likeness (QED) is 0.797. The first kappa shape index (κ1) is 20.5. The molecule has 0 radical (unpaired) electrons. The topological polar surface area (TPSA) is 67.4 Å². The van der Waals surface area contributed by atoms with Crippen LogP contribution >= 0.6 is 12.4 Å². The summed E-state index contributed by atoms with van der Waals surface area (Å²) < 4.78 is 4.86. The van der Waals surface area contributed by atoms with Crippen molar-refractivity contribution in [1.29, 1.82) is 0 Å². The van der Waals surface area contributed by atoms with Crippen LogP contribution < -0.4 is 10.6 Å². The molecule has 134 valence electrons. The molecule has 4 atom stereocenters. The van der Waals surface area contributed by atoms with E-state index < -0.39 is 5.92 Å². The van der Waals surface area contributed by atoms with Gasteiger partial charge in [-0.25, -0.2) is 0 Å². The van der Waals surface area contributed by atoms with Gasteiger partial charge in [0.15, 0.2) is 0 Å². The number of piperidine rings is 1. The summed E-state index contributed by atoms with van der Waals surface area (Å²) in [4.78, 5) is 24.6. The molecule has 24 heavy (non-hydrogen) atoms. The molecule has 0 bridgehead atoms. The molecule has 5 nitrogen and oxygen atoms in total.